The van der Waals surface area contributed by atoms with Gasteiger partial charge in [-0.15, -0.1) is 0 Å². The molecule has 0 radical (unpaired) electrons. The molecular weight excluding hydrogens is 280 g/mol. The molecule has 0 aliphatic rings. The van der Waals surface area contributed by atoms with Gasteiger partial charge in [0.15, 0.2) is 0 Å². The highest BCUT2D eigenvalue weighted by molar-refractivity contribution is 6.39. The molecule has 3 rings (SSSR count). The molecule has 1 N–H and O–H groups in total. The molecule has 110 valence electrons. The summed E-state index contributed by atoms with van der Waals surface area (Å²) in [5.41, 5.74) is 4.11. The van der Waals surface area contributed by atoms with Crippen molar-refractivity contribution < 1.29 is 14.7 Å². The summed E-state index contributed by atoms with van der Waals surface area (Å²) in [4.78, 5) is 22.1. The normalized spacial score (nSPS) is 10.8. The molecule has 0 saturated carbocycles. The molecule has 0 fully saturated rings. The molecule has 0 atom stereocenters. The number of carbonyl (C=O) groups excluding carboxylic acids is 1. The summed E-state index contributed by atoms with van der Waals surface area (Å²) >= 11 is 0. The zero-order chi connectivity index (χ0) is 15.9. The maximum Gasteiger partial charge on any atom is 0.377 e. The summed E-state index contributed by atoms with van der Waals surface area (Å²) in [7, 11) is 1.90. The van der Waals surface area contributed by atoms with Crippen LogP contribution in [0.3, 0.4) is 0 Å². The third kappa shape index (κ3) is 2.26. The zero-order valence-electron chi connectivity index (χ0n) is 12.2. The fourth-order valence-corrected chi connectivity index (χ4v) is 2.56. The lowest BCUT2D eigenvalue weighted by Crippen LogP contribution is -2.12. The Morgan fingerprint density at radius 3 is 2.32 bits per heavy atom. The smallest absolute Gasteiger partial charge is 0.377 e. The second kappa shape index (κ2) is 5.11. The molecule has 0 saturated heterocycles. The number of rotatable bonds is 3. The Kier molecular flexibility index (Phi) is 3.25. The SMILES string of the molecule is Cc1nn(C)c2ccc(-c3ccc(C(=O)C(=O)O)cc3)cc12. The van der Waals surface area contributed by atoms with E-state index in [0.29, 0.717) is 0 Å². The largest absolute Gasteiger partial charge is 0.475 e. The molecule has 0 aliphatic carbocycles. The fraction of sp³-hybridized carbons (Fsp3) is 0.118. The first-order chi connectivity index (χ1) is 10.5. The summed E-state index contributed by atoms with van der Waals surface area (Å²) in [6.45, 7) is 1.96. The summed E-state index contributed by atoms with van der Waals surface area (Å²) in [5.74, 6) is -2.34. The van der Waals surface area contributed by atoms with E-state index in [4.69, 9.17) is 5.11 Å². The molecule has 0 aliphatic heterocycles. The van der Waals surface area contributed by atoms with Crippen LogP contribution in [0, 0.1) is 6.92 Å². The molecule has 2 aromatic carbocycles. The van der Waals surface area contributed by atoms with Crippen LogP contribution in [0.2, 0.25) is 0 Å². The molecule has 0 bridgehead atoms. The van der Waals surface area contributed by atoms with E-state index in [0.717, 1.165) is 27.7 Å². The lowest BCUT2D eigenvalue weighted by molar-refractivity contribution is -0.131. The van der Waals surface area contributed by atoms with Crippen molar-refractivity contribution in [1.29, 1.82) is 0 Å². The van der Waals surface area contributed by atoms with E-state index in [1.165, 1.54) is 12.1 Å². The van der Waals surface area contributed by atoms with E-state index in [1.807, 2.05) is 36.9 Å². The number of aryl methyl sites for hydroxylation is 2. The topological polar surface area (TPSA) is 72.2 Å². The van der Waals surface area contributed by atoms with E-state index < -0.39 is 11.8 Å². The number of hydrogen-bond acceptors (Lipinski definition) is 3. The number of Topliss-reactive ketones (excluding diaryl/α,β-unsaturated/α-hetero) is 1. The van der Waals surface area contributed by atoms with Gasteiger partial charge in [0.05, 0.1) is 11.2 Å². The van der Waals surface area contributed by atoms with Crippen LogP contribution in [0.5, 0.6) is 0 Å². The van der Waals surface area contributed by atoms with Gasteiger partial charge in [-0.25, -0.2) is 4.79 Å². The Balaban J connectivity index is 2.02. The van der Waals surface area contributed by atoms with Crippen LogP contribution in [-0.4, -0.2) is 26.6 Å². The van der Waals surface area contributed by atoms with Gasteiger partial charge < -0.3 is 5.11 Å². The number of carboxylic acids is 1. The van der Waals surface area contributed by atoms with Crippen molar-refractivity contribution in [2.75, 3.05) is 0 Å². The van der Waals surface area contributed by atoms with E-state index in [9.17, 15) is 9.59 Å². The standard InChI is InChI=1S/C17H14N2O3/c1-10-14-9-13(7-8-15(14)19(2)18-10)11-3-5-12(6-4-11)16(20)17(21)22/h3-9H,1-2H3,(H,21,22). The summed E-state index contributed by atoms with van der Waals surface area (Å²) in [5, 5.41) is 14.2. The number of fused-ring (bicyclic) bond motifs is 1. The Hall–Kier alpha value is -2.95. The lowest BCUT2D eigenvalue weighted by Gasteiger charge is -2.04. The number of nitrogens with zero attached hydrogens (tertiary/aromatic N) is 2. The van der Waals surface area contributed by atoms with Crippen LogP contribution >= 0.6 is 0 Å². The highest BCUT2D eigenvalue weighted by Crippen LogP contribution is 2.26. The van der Waals surface area contributed by atoms with Gasteiger partial charge in [-0.1, -0.05) is 30.3 Å². The number of benzene rings is 2. The van der Waals surface area contributed by atoms with Crippen molar-refractivity contribution in [2.45, 2.75) is 6.92 Å². The summed E-state index contributed by atoms with van der Waals surface area (Å²) < 4.78 is 1.84. The first kappa shape index (κ1) is 14.0. The van der Waals surface area contributed by atoms with E-state index in [1.54, 1.807) is 12.1 Å². The van der Waals surface area contributed by atoms with Gasteiger partial charge in [0.1, 0.15) is 0 Å². The van der Waals surface area contributed by atoms with Crippen molar-refractivity contribution in [2.24, 2.45) is 7.05 Å². The second-order valence-corrected chi connectivity index (χ2v) is 5.15. The number of aromatic nitrogens is 2. The maximum absolute atomic E-state index is 11.4. The monoisotopic (exact) mass is 294 g/mol. The molecule has 1 heterocycles. The van der Waals surface area contributed by atoms with Crippen LogP contribution < -0.4 is 0 Å². The van der Waals surface area contributed by atoms with Crippen LogP contribution in [0.4, 0.5) is 0 Å². The van der Waals surface area contributed by atoms with Crippen LogP contribution in [-0.2, 0) is 11.8 Å². The highest BCUT2D eigenvalue weighted by Gasteiger charge is 2.14. The predicted octanol–water partition coefficient (Wildman–Crippen LogP) is 2.82. The minimum absolute atomic E-state index is 0.176. The average molecular weight is 294 g/mol. The Morgan fingerprint density at radius 2 is 1.68 bits per heavy atom. The number of carbonyl (C=O) groups is 2. The molecule has 5 nitrogen and oxygen atoms in total. The van der Waals surface area contributed by atoms with Crippen molar-refractivity contribution in [3.8, 4) is 11.1 Å². The van der Waals surface area contributed by atoms with Crippen molar-refractivity contribution >= 4 is 22.7 Å². The molecular formula is C17H14N2O3. The Labute approximate surface area is 126 Å². The summed E-state index contributed by atoms with van der Waals surface area (Å²) in [6, 6.07) is 12.6. The number of ketones is 1. The van der Waals surface area contributed by atoms with Crippen LogP contribution in [0.15, 0.2) is 42.5 Å². The Bertz CT molecular complexity index is 892. The van der Waals surface area contributed by atoms with Gasteiger partial charge in [0.25, 0.3) is 5.78 Å². The van der Waals surface area contributed by atoms with Gasteiger partial charge in [0.2, 0.25) is 0 Å². The zero-order valence-corrected chi connectivity index (χ0v) is 12.2. The van der Waals surface area contributed by atoms with Gasteiger partial charge in [-0.05, 0) is 30.2 Å². The lowest BCUT2D eigenvalue weighted by atomic mass is 10.0. The molecule has 1 aromatic heterocycles. The molecule has 5 heteroatoms. The van der Waals surface area contributed by atoms with Crippen molar-refractivity contribution in [3.05, 3.63) is 53.7 Å². The molecule has 0 amide bonds. The second-order valence-electron chi connectivity index (χ2n) is 5.15. The van der Waals surface area contributed by atoms with Crippen molar-refractivity contribution in [3.63, 3.8) is 0 Å². The van der Waals surface area contributed by atoms with Gasteiger partial charge in [-0.3, -0.25) is 9.48 Å². The maximum atomic E-state index is 11.4. The third-order valence-corrected chi connectivity index (χ3v) is 3.71. The first-order valence-electron chi connectivity index (χ1n) is 6.79. The third-order valence-electron chi connectivity index (χ3n) is 3.71. The molecule has 0 unspecified atom stereocenters. The number of hydrogen-bond donors (Lipinski definition) is 1. The predicted molar refractivity (Wildman–Crippen MR) is 82.9 cm³/mol. The van der Waals surface area contributed by atoms with Crippen LogP contribution in [0.25, 0.3) is 22.0 Å². The molecule has 22 heavy (non-hydrogen) atoms. The first-order valence-corrected chi connectivity index (χ1v) is 6.79. The minimum Gasteiger partial charge on any atom is -0.475 e. The number of carboxylic acid groups (broad SMARTS) is 1. The minimum atomic E-state index is -1.44. The molecule has 3 aromatic rings. The van der Waals surface area contributed by atoms with Crippen LogP contribution in [0.1, 0.15) is 16.1 Å². The Morgan fingerprint density at radius 1 is 1.05 bits per heavy atom. The van der Waals surface area contributed by atoms with Crippen molar-refractivity contribution in [1.82, 2.24) is 9.78 Å². The number of aliphatic carboxylic acids is 1. The van der Waals surface area contributed by atoms with Gasteiger partial charge in [-0.2, -0.15) is 5.10 Å². The quantitative estimate of drug-likeness (QED) is 0.595. The van der Waals surface area contributed by atoms with E-state index >= 15 is 0 Å². The molecule has 0 spiro atoms. The highest BCUT2D eigenvalue weighted by atomic mass is 16.4. The van der Waals surface area contributed by atoms with Gasteiger partial charge in [0, 0.05) is 18.0 Å². The van der Waals surface area contributed by atoms with Gasteiger partial charge >= 0.3 is 5.97 Å². The summed E-state index contributed by atoms with van der Waals surface area (Å²) in [6.07, 6.45) is 0. The fourth-order valence-electron chi connectivity index (χ4n) is 2.56. The average Bonchev–Trinajstić information content (AvgIpc) is 2.81. The van der Waals surface area contributed by atoms with E-state index in [-0.39, 0.29) is 5.56 Å². The van der Waals surface area contributed by atoms with E-state index in [2.05, 4.69) is 5.10 Å².